The van der Waals surface area contributed by atoms with Crippen molar-refractivity contribution >= 4 is 5.78 Å². The van der Waals surface area contributed by atoms with Crippen molar-refractivity contribution in [2.75, 3.05) is 0 Å². The smallest absolute Gasteiger partial charge is 0.225 e. The summed E-state index contributed by atoms with van der Waals surface area (Å²) in [5.74, 6) is -0.943. The molecule has 1 rings (SSSR count). The first-order valence-corrected chi connectivity index (χ1v) is 6.01. The monoisotopic (exact) mass is 243 g/mol. The van der Waals surface area contributed by atoms with Gasteiger partial charge in [0, 0.05) is 23.7 Å². The third-order valence-electron chi connectivity index (χ3n) is 4.30. The van der Waals surface area contributed by atoms with Crippen LogP contribution in [0.15, 0.2) is 0 Å². The summed E-state index contributed by atoms with van der Waals surface area (Å²) in [6.45, 7) is 6.61. The van der Waals surface area contributed by atoms with Gasteiger partial charge in [-0.3, -0.25) is 14.9 Å². The highest BCUT2D eigenvalue weighted by atomic mass is 16.6. The second kappa shape index (κ2) is 4.37. The molecule has 1 aliphatic carbocycles. The van der Waals surface area contributed by atoms with Crippen molar-refractivity contribution in [3.8, 4) is 0 Å². The second-order valence-corrected chi connectivity index (χ2v) is 5.74. The van der Waals surface area contributed by atoms with Gasteiger partial charge in [0.2, 0.25) is 5.54 Å². The molecular weight excluding hydrogens is 222 g/mol. The lowest BCUT2D eigenvalue weighted by atomic mass is 9.63. The molecule has 0 aromatic rings. The standard InChI is InChI=1S/C12H21NO4/c1-8(2)12(13(16)17)6-5-11(4,15)10(7-12)9(3)14/h8,10,15H,5-7H2,1-4H3/t10-,11+,12+/m0/s1. The molecule has 5 nitrogen and oxygen atoms in total. The van der Waals surface area contributed by atoms with Gasteiger partial charge in [0.25, 0.3) is 0 Å². The molecule has 1 N–H and O–H groups in total. The maximum atomic E-state index is 11.6. The lowest BCUT2D eigenvalue weighted by Gasteiger charge is -2.43. The van der Waals surface area contributed by atoms with E-state index in [0.29, 0.717) is 12.8 Å². The van der Waals surface area contributed by atoms with Crippen LogP contribution in [0.4, 0.5) is 0 Å². The van der Waals surface area contributed by atoms with Gasteiger partial charge in [0.15, 0.2) is 0 Å². The molecular formula is C12H21NO4. The third kappa shape index (κ3) is 2.34. The number of nitrogens with zero attached hydrogens (tertiary/aromatic N) is 1. The number of Topliss-reactive ketones (excluding diaryl/α,β-unsaturated/α-hetero) is 1. The van der Waals surface area contributed by atoms with Crippen molar-refractivity contribution < 1.29 is 14.8 Å². The number of hydrogen-bond donors (Lipinski definition) is 1. The summed E-state index contributed by atoms with van der Waals surface area (Å²) in [6.07, 6.45) is 0.769. The number of rotatable bonds is 3. The van der Waals surface area contributed by atoms with E-state index in [2.05, 4.69) is 0 Å². The Balaban J connectivity index is 3.09. The average Bonchev–Trinajstić information content (AvgIpc) is 2.15. The first kappa shape index (κ1) is 14.1. The molecule has 0 unspecified atom stereocenters. The predicted molar refractivity (Wildman–Crippen MR) is 63.2 cm³/mol. The van der Waals surface area contributed by atoms with Crippen molar-refractivity contribution in [1.29, 1.82) is 0 Å². The summed E-state index contributed by atoms with van der Waals surface area (Å²) >= 11 is 0. The fourth-order valence-electron chi connectivity index (χ4n) is 2.80. The summed E-state index contributed by atoms with van der Waals surface area (Å²) in [5.41, 5.74) is -2.18. The Kier molecular flexibility index (Phi) is 3.62. The van der Waals surface area contributed by atoms with Crippen LogP contribution >= 0.6 is 0 Å². The Morgan fingerprint density at radius 1 is 1.47 bits per heavy atom. The summed E-state index contributed by atoms with van der Waals surface area (Å²) in [7, 11) is 0. The number of ketones is 1. The van der Waals surface area contributed by atoms with E-state index in [1.165, 1.54) is 6.92 Å². The molecule has 0 heterocycles. The molecule has 0 saturated heterocycles. The van der Waals surface area contributed by atoms with Crippen LogP contribution in [-0.2, 0) is 4.79 Å². The van der Waals surface area contributed by atoms with Crippen LogP contribution in [-0.4, -0.2) is 27.0 Å². The molecule has 98 valence electrons. The van der Waals surface area contributed by atoms with Gasteiger partial charge in [-0.1, -0.05) is 13.8 Å². The van der Waals surface area contributed by atoms with E-state index in [-0.39, 0.29) is 23.0 Å². The fraction of sp³-hybridized carbons (Fsp3) is 0.917. The van der Waals surface area contributed by atoms with Crippen LogP contribution in [0.5, 0.6) is 0 Å². The predicted octanol–water partition coefficient (Wildman–Crippen LogP) is 1.80. The lowest BCUT2D eigenvalue weighted by molar-refractivity contribution is -0.587. The van der Waals surface area contributed by atoms with Gasteiger partial charge in [0.05, 0.1) is 11.5 Å². The van der Waals surface area contributed by atoms with Crippen molar-refractivity contribution in [3.63, 3.8) is 0 Å². The number of hydrogen-bond acceptors (Lipinski definition) is 4. The summed E-state index contributed by atoms with van der Waals surface area (Å²) < 4.78 is 0. The summed E-state index contributed by atoms with van der Waals surface area (Å²) in [5, 5.41) is 21.5. The van der Waals surface area contributed by atoms with Gasteiger partial charge in [0.1, 0.15) is 5.78 Å². The molecule has 1 aliphatic rings. The Morgan fingerprint density at radius 3 is 2.35 bits per heavy atom. The minimum atomic E-state index is -1.11. The first-order valence-electron chi connectivity index (χ1n) is 6.01. The third-order valence-corrected chi connectivity index (χ3v) is 4.30. The zero-order valence-electron chi connectivity index (χ0n) is 10.9. The highest BCUT2D eigenvalue weighted by Crippen LogP contribution is 2.44. The van der Waals surface area contributed by atoms with Gasteiger partial charge >= 0.3 is 0 Å². The van der Waals surface area contributed by atoms with Gasteiger partial charge in [-0.2, -0.15) is 0 Å². The van der Waals surface area contributed by atoms with Gasteiger partial charge in [-0.25, -0.2) is 0 Å². The van der Waals surface area contributed by atoms with Crippen molar-refractivity contribution in [2.45, 2.75) is 58.1 Å². The molecule has 0 radical (unpaired) electrons. The topological polar surface area (TPSA) is 80.4 Å². The molecule has 0 aliphatic heterocycles. The van der Waals surface area contributed by atoms with Crippen LogP contribution in [0.2, 0.25) is 0 Å². The zero-order valence-corrected chi connectivity index (χ0v) is 10.9. The Morgan fingerprint density at radius 2 is 2.00 bits per heavy atom. The summed E-state index contributed by atoms with van der Waals surface area (Å²) in [4.78, 5) is 22.6. The van der Waals surface area contributed by atoms with Crippen molar-refractivity contribution in [2.24, 2.45) is 11.8 Å². The molecule has 1 fully saturated rings. The fourth-order valence-corrected chi connectivity index (χ4v) is 2.80. The zero-order chi connectivity index (χ0) is 13.4. The maximum Gasteiger partial charge on any atom is 0.225 e. The number of nitro groups is 1. The van der Waals surface area contributed by atoms with Crippen LogP contribution in [0.25, 0.3) is 0 Å². The largest absolute Gasteiger partial charge is 0.389 e. The molecule has 0 aromatic heterocycles. The van der Waals surface area contributed by atoms with Crippen LogP contribution < -0.4 is 0 Å². The Labute approximate surface area is 101 Å². The Bertz CT molecular complexity index is 337. The molecule has 1 saturated carbocycles. The van der Waals surface area contributed by atoms with E-state index in [1.807, 2.05) is 0 Å². The van der Waals surface area contributed by atoms with Gasteiger partial charge in [-0.05, 0) is 20.3 Å². The normalized spacial score (nSPS) is 38.1. The van der Waals surface area contributed by atoms with Crippen LogP contribution in [0, 0.1) is 22.0 Å². The second-order valence-electron chi connectivity index (χ2n) is 5.74. The SMILES string of the molecule is CC(=O)[C@@H]1C[C@](C(C)C)([N+](=O)[O-])CC[C@@]1(C)O. The van der Waals surface area contributed by atoms with Crippen molar-refractivity contribution in [1.82, 2.24) is 0 Å². The summed E-state index contributed by atoms with van der Waals surface area (Å²) in [6, 6.07) is 0. The maximum absolute atomic E-state index is 11.6. The highest BCUT2D eigenvalue weighted by Gasteiger charge is 2.56. The molecule has 0 spiro atoms. The molecule has 17 heavy (non-hydrogen) atoms. The van der Waals surface area contributed by atoms with E-state index < -0.39 is 17.1 Å². The quantitative estimate of drug-likeness (QED) is 0.605. The van der Waals surface area contributed by atoms with E-state index in [0.717, 1.165) is 0 Å². The molecule has 0 amide bonds. The molecule has 5 heteroatoms. The number of aliphatic hydroxyl groups is 1. The van der Waals surface area contributed by atoms with Crippen molar-refractivity contribution in [3.05, 3.63) is 10.1 Å². The first-order chi connectivity index (χ1) is 7.63. The van der Waals surface area contributed by atoms with Gasteiger partial charge in [-0.15, -0.1) is 0 Å². The van der Waals surface area contributed by atoms with E-state index in [4.69, 9.17) is 0 Å². The Hall–Kier alpha value is -0.970. The molecule has 3 atom stereocenters. The van der Waals surface area contributed by atoms with Crippen LogP contribution in [0.3, 0.4) is 0 Å². The lowest BCUT2D eigenvalue weighted by Crippen LogP contribution is -2.56. The number of carbonyl (C=O) groups excluding carboxylic acids is 1. The van der Waals surface area contributed by atoms with Crippen LogP contribution in [0.1, 0.15) is 47.0 Å². The van der Waals surface area contributed by atoms with E-state index >= 15 is 0 Å². The van der Waals surface area contributed by atoms with E-state index in [1.54, 1.807) is 20.8 Å². The minimum absolute atomic E-state index is 0.139. The molecule has 0 aromatic carbocycles. The molecule has 0 bridgehead atoms. The van der Waals surface area contributed by atoms with Gasteiger partial charge < -0.3 is 5.11 Å². The number of carbonyl (C=O) groups is 1. The average molecular weight is 243 g/mol. The minimum Gasteiger partial charge on any atom is -0.389 e. The highest BCUT2D eigenvalue weighted by molar-refractivity contribution is 5.79. The van der Waals surface area contributed by atoms with E-state index in [9.17, 15) is 20.0 Å².